The molecule has 1 aliphatic rings. The standard InChI is InChI=1S/C14H26N4O4/c1-10-8-17(9-12(15)16-22-11(2)19)6-7-18(10)13(20)21-14(3,4)5/h10H,6-9H2,1-5H3,(H2,15,16). The molecule has 0 aromatic carbocycles. The third-order valence-corrected chi connectivity index (χ3v) is 3.02. The van der Waals surface area contributed by atoms with Crippen LogP contribution in [0.5, 0.6) is 0 Å². The Morgan fingerprint density at radius 1 is 1.32 bits per heavy atom. The number of rotatable bonds is 3. The molecular weight excluding hydrogens is 288 g/mol. The molecule has 1 heterocycles. The Balaban J connectivity index is 2.50. The van der Waals surface area contributed by atoms with Gasteiger partial charge in [0.25, 0.3) is 0 Å². The number of oxime groups is 1. The van der Waals surface area contributed by atoms with Crippen LogP contribution in [0, 0.1) is 0 Å². The van der Waals surface area contributed by atoms with Crippen molar-refractivity contribution >= 4 is 17.9 Å². The summed E-state index contributed by atoms with van der Waals surface area (Å²) in [6, 6.07) is 0.00475. The lowest BCUT2D eigenvalue weighted by Gasteiger charge is -2.40. The maximum atomic E-state index is 12.1. The molecule has 1 saturated heterocycles. The molecule has 126 valence electrons. The van der Waals surface area contributed by atoms with Gasteiger partial charge in [0.2, 0.25) is 0 Å². The summed E-state index contributed by atoms with van der Waals surface area (Å²) in [5, 5.41) is 3.54. The summed E-state index contributed by atoms with van der Waals surface area (Å²) in [7, 11) is 0. The van der Waals surface area contributed by atoms with Crippen molar-refractivity contribution in [3.05, 3.63) is 0 Å². The average molecular weight is 314 g/mol. The van der Waals surface area contributed by atoms with Crippen LogP contribution < -0.4 is 5.73 Å². The highest BCUT2D eigenvalue weighted by Gasteiger charge is 2.30. The molecule has 0 spiro atoms. The van der Waals surface area contributed by atoms with Crippen molar-refractivity contribution in [2.75, 3.05) is 26.2 Å². The number of ether oxygens (including phenoxy) is 1. The topological polar surface area (TPSA) is 97.5 Å². The predicted octanol–water partition coefficient (Wildman–Crippen LogP) is 0.763. The first-order valence-corrected chi connectivity index (χ1v) is 7.30. The van der Waals surface area contributed by atoms with E-state index in [1.54, 1.807) is 4.90 Å². The van der Waals surface area contributed by atoms with Gasteiger partial charge in [-0.15, -0.1) is 0 Å². The van der Waals surface area contributed by atoms with E-state index in [1.165, 1.54) is 6.92 Å². The van der Waals surface area contributed by atoms with Gasteiger partial charge < -0.3 is 20.2 Å². The third kappa shape index (κ3) is 6.30. The van der Waals surface area contributed by atoms with Crippen LogP contribution in [0.2, 0.25) is 0 Å². The molecule has 1 atom stereocenters. The Bertz CT molecular complexity index is 445. The summed E-state index contributed by atoms with van der Waals surface area (Å²) in [5.41, 5.74) is 5.20. The summed E-state index contributed by atoms with van der Waals surface area (Å²) in [4.78, 5) is 31.0. The van der Waals surface area contributed by atoms with E-state index in [4.69, 9.17) is 10.5 Å². The first kappa shape index (κ1) is 18.2. The zero-order valence-corrected chi connectivity index (χ0v) is 14.0. The van der Waals surface area contributed by atoms with Crippen LogP contribution in [0.4, 0.5) is 4.79 Å². The van der Waals surface area contributed by atoms with Gasteiger partial charge in [-0.25, -0.2) is 9.59 Å². The van der Waals surface area contributed by atoms with Gasteiger partial charge in [-0.1, -0.05) is 5.16 Å². The summed E-state index contributed by atoms with van der Waals surface area (Å²) in [6.45, 7) is 11.0. The number of nitrogens with zero attached hydrogens (tertiary/aromatic N) is 3. The molecule has 22 heavy (non-hydrogen) atoms. The quantitative estimate of drug-likeness (QED) is 0.357. The summed E-state index contributed by atoms with van der Waals surface area (Å²) in [5.74, 6) is -0.279. The Kier molecular flexibility index (Phi) is 6.16. The highest BCUT2D eigenvalue weighted by Crippen LogP contribution is 2.15. The number of carbonyl (C=O) groups is 2. The van der Waals surface area contributed by atoms with Gasteiger partial charge in [0, 0.05) is 32.6 Å². The SMILES string of the molecule is CC(=O)O/N=C(/N)CN1CCN(C(=O)OC(C)(C)C)C(C)C1. The van der Waals surface area contributed by atoms with Crippen molar-refractivity contribution in [3.8, 4) is 0 Å². The summed E-state index contributed by atoms with van der Waals surface area (Å²) in [6.07, 6.45) is -0.304. The van der Waals surface area contributed by atoms with Crippen LogP contribution in [-0.4, -0.2) is 65.5 Å². The number of hydrogen-bond acceptors (Lipinski definition) is 6. The minimum atomic E-state index is -0.508. The van der Waals surface area contributed by atoms with Gasteiger partial charge in [0.1, 0.15) is 5.60 Å². The molecule has 1 rings (SSSR count). The first-order valence-electron chi connectivity index (χ1n) is 7.30. The van der Waals surface area contributed by atoms with E-state index in [0.717, 1.165) is 0 Å². The molecule has 1 amide bonds. The second-order valence-electron chi connectivity index (χ2n) is 6.42. The maximum Gasteiger partial charge on any atom is 0.410 e. The van der Waals surface area contributed by atoms with E-state index in [-0.39, 0.29) is 18.0 Å². The zero-order valence-electron chi connectivity index (χ0n) is 14.0. The van der Waals surface area contributed by atoms with Gasteiger partial charge in [-0.2, -0.15) is 0 Å². The number of hydrogen-bond donors (Lipinski definition) is 1. The zero-order chi connectivity index (χ0) is 16.9. The molecule has 2 N–H and O–H groups in total. The molecule has 8 nitrogen and oxygen atoms in total. The highest BCUT2D eigenvalue weighted by atomic mass is 16.7. The Morgan fingerprint density at radius 2 is 1.95 bits per heavy atom. The number of piperazine rings is 1. The van der Waals surface area contributed by atoms with Crippen LogP contribution in [0.1, 0.15) is 34.6 Å². The molecule has 1 fully saturated rings. The molecule has 0 aromatic heterocycles. The van der Waals surface area contributed by atoms with E-state index < -0.39 is 11.6 Å². The molecule has 0 aromatic rings. The minimum absolute atomic E-state index is 0.00475. The molecular formula is C14H26N4O4. The van der Waals surface area contributed by atoms with Crippen molar-refractivity contribution in [1.82, 2.24) is 9.80 Å². The van der Waals surface area contributed by atoms with Crippen molar-refractivity contribution < 1.29 is 19.2 Å². The van der Waals surface area contributed by atoms with Gasteiger partial charge in [0.15, 0.2) is 5.84 Å². The van der Waals surface area contributed by atoms with E-state index in [0.29, 0.717) is 26.2 Å². The Morgan fingerprint density at radius 3 is 2.45 bits per heavy atom. The minimum Gasteiger partial charge on any atom is -0.444 e. The van der Waals surface area contributed by atoms with Gasteiger partial charge in [-0.05, 0) is 27.7 Å². The van der Waals surface area contributed by atoms with Crippen LogP contribution in [0.25, 0.3) is 0 Å². The second-order valence-corrected chi connectivity index (χ2v) is 6.42. The molecule has 1 aliphatic heterocycles. The second kappa shape index (κ2) is 7.44. The molecule has 0 bridgehead atoms. The highest BCUT2D eigenvalue weighted by molar-refractivity contribution is 5.82. The Labute approximate surface area is 131 Å². The van der Waals surface area contributed by atoms with E-state index in [2.05, 4.69) is 9.99 Å². The fraction of sp³-hybridized carbons (Fsp3) is 0.786. The smallest absolute Gasteiger partial charge is 0.410 e. The van der Waals surface area contributed by atoms with Gasteiger partial charge >= 0.3 is 12.1 Å². The number of amides is 1. The fourth-order valence-corrected chi connectivity index (χ4v) is 2.15. The summed E-state index contributed by atoms with van der Waals surface area (Å²) < 4.78 is 5.39. The monoisotopic (exact) mass is 314 g/mol. The van der Waals surface area contributed by atoms with Crippen LogP contribution in [-0.2, 0) is 14.4 Å². The lowest BCUT2D eigenvalue weighted by molar-refractivity contribution is -0.141. The lowest BCUT2D eigenvalue weighted by Crippen LogP contribution is -2.56. The lowest BCUT2D eigenvalue weighted by atomic mass is 10.2. The number of carbonyl (C=O) groups excluding carboxylic acids is 2. The van der Waals surface area contributed by atoms with Crippen molar-refractivity contribution in [2.24, 2.45) is 10.9 Å². The molecule has 8 heteroatoms. The number of nitrogens with two attached hydrogens (primary N) is 1. The van der Waals surface area contributed by atoms with Crippen molar-refractivity contribution in [1.29, 1.82) is 0 Å². The average Bonchev–Trinajstić information content (AvgIpc) is 2.34. The normalized spacial score (nSPS) is 20.7. The van der Waals surface area contributed by atoms with E-state index in [1.807, 2.05) is 32.6 Å². The molecule has 1 unspecified atom stereocenters. The maximum absolute atomic E-state index is 12.1. The summed E-state index contributed by atoms with van der Waals surface area (Å²) >= 11 is 0. The largest absolute Gasteiger partial charge is 0.444 e. The van der Waals surface area contributed by atoms with Crippen LogP contribution in [0.15, 0.2) is 5.16 Å². The number of amidine groups is 1. The van der Waals surface area contributed by atoms with Crippen molar-refractivity contribution in [2.45, 2.75) is 46.3 Å². The third-order valence-electron chi connectivity index (χ3n) is 3.02. The molecule has 0 saturated carbocycles. The first-order chi connectivity index (χ1) is 10.1. The predicted molar refractivity (Wildman–Crippen MR) is 82.2 cm³/mol. The van der Waals surface area contributed by atoms with E-state index >= 15 is 0 Å². The molecule has 0 radical (unpaired) electrons. The van der Waals surface area contributed by atoms with Crippen molar-refractivity contribution in [3.63, 3.8) is 0 Å². The van der Waals surface area contributed by atoms with Crippen LogP contribution in [0.3, 0.4) is 0 Å². The van der Waals surface area contributed by atoms with Crippen LogP contribution >= 0.6 is 0 Å². The molecule has 0 aliphatic carbocycles. The Hall–Kier alpha value is -1.83. The fourth-order valence-electron chi connectivity index (χ4n) is 2.15. The van der Waals surface area contributed by atoms with Gasteiger partial charge in [-0.3, -0.25) is 4.90 Å². The van der Waals surface area contributed by atoms with E-state index in [9.17, 15) is 9.59 Å². The van der Waals surface area contributed by atoms with Gasteiger partial charge in [0.05, 0.1) is 6.54 Å².